The molecule has 0 spiro atoms. The van der Waals surface area contributed by atoms with Gasteiger partial charge >= 0.3 is 0 Å². The average Bonchev–Trinajstić information content (AvgIpc) is 3.72. The van der Waals surface area contributed by atoms with E-state index in [1.54, 1.807) is 0 Å². The zero-order valence-electron chi connectivity index (χ0n) is 20.0. The van der Waals surface area contributed by atoms with E-state index >= 15 is 0 Å². The molecule has 36 heavy (non-hydrogen) atoms. The first-order valence-corrected chi connectivity index (χ1v) is 13.3. The Kier molecular flexibility index (Phi) is 4.20. The number of fused-ring (bicyclic) bond motifs is 11. The normalized spacial score (nSPS) is 31.4. The molecule has 2 amide bonds. The maximum atomic E-state index is 14.1. The van der Waals surface area contributed by atoms with Crippen molar-refractivity contribution in [2.45, 2.75) is 19.3 Å². The maximum absolute atomic E-state index is 14.1. The van der Waals surface area contributed by atoms with E-state index in [9.17, 15) is 9.59 Å². The molecule has 0 aromatic heterocycles. The molecule has 3 fully saturated rings. The van der Waals surface area contributed by atoms with Gasteiger partial charge in [0.05, 0.1) is 17.5 Å². The minimum absolute atomic E-state index is 0.00371. The highest BCUT2D eigenvalue weighted by molar-refractivity contribution is 6.23. The summed E-state index contributed by atoms with van der Waals surface area (Å²) >= 11 is 0. The number of nitrogens with zero attached hydrogens (tertiary/aromatic N) is 1. The van der Waals surface area contributed by atoms with Crippen LogP contribution in [-0.2, 0) is 9.59 Å². The number of allylic oxidation sites excluding steroid dienone is 3. The molecule has 6 atom stereocenters. The van der Waals surface area contributed by atoms with Crippen molar-refractivity contribution < 1.29 is 9.59 Å². The number of imide groups is 1. The topological polar surface area (TPSA) is 37.4 Å². The number of rotatable bonds is 3. The Bertz CT molecular complexity index is 1380. The van der Waals surface area contributed by atoms with Gasteiger partial charge in [0.25, 0.3) is 0 Å². The fourth-order valence-electron chi connectivity index (χ4n) is 8.45. The molecule has 3 aromatic carbocycles. The fraction of sp³-hybridized carbons (Fsp3) is 0.273. The van der Waals surface area contributed by atoms with Crippen molar-refractivity contribution >= 4 is 23.1 Å². The van der Waals surface area contributed by atoms with Crippen LogP contribution in [0.2, 0.25) is 0 Å². The zero-order valence-corrected chi connectivity index (χ0v) is 20.0. The summed E-state index contributed by atoms with van der Waals surface area (Å²) in [6.45, 7) is 0. The Hall–Kier alpha value is -3.72. The number of anilines is 1. The van der Waals surface area contributed by atoms with Gasteiger partial charge in [-0.3, -0.25) is 9.59 Å². The Morgan fingerprint density at radius 3 is 1.53 bits per heavy atom. The smallest absolute Gasteiger partial charge is 0.238 e. The largest absolute Gasteiger partial charge is 0.274 e. The SMILES string of the molecule is O=C1C2C3C4=C(C5CCC4C5)C(C3=C(c3ccccc3)c3ccccc3)C2C(=O)N1c1ccccc1. The van der Waals surface area contributed by atoms with E-state index in [4.69, 9.17) is 0 Å². The van der Waals surface area contributed by atoms with Gasteiger partial charge in [-0.15, -0.1) is 0 Å². The fourth-order valence-corrected chi connectivity index (χ4v) is 8.45. The van der Waals surface area contributed by atoms with Crippen molar-refractivity contribution in [1.82, 2.24) is 0 Å². The summed E-state index contributed by atoms with van der Waals surface area (Å²) in [6, 6.07) is 30.7. The van der Waals surface area contributed by atoms with E-state index in [0.717, 1.165) is 0 Å². The molecule has 1 heterocycles. The molecule has 8 rings (SSSR count). The number of carbonyl (C=O) groups is 2. The van der Waals surface area contributed by atoms with E-state index in [0.29, 0.717) is 17.5 Å². The second kappa shape index (κ2) is 7.39. The number of benzene rings is 3. The van der Waals surface area contributed by atoms with E-state index in [-0.39, 0.29) is 35.5 Å². The molecule has 4 aliphatic carbocycles. The third-order valence-corrected chi connectivity index (χ3v) is 9.53. The summed E-state index contributed by atoms with van der Waals surface area (Å²) in [5.74, 6) is 0.690. The number of hydrogen-bond acceptors (Lipinski definition) is 2. The van der Waals surface area contributed by atoms with E-state index < -0.39 is 0 Å². The molecule has 5 aliphatic rings. The lowest BCUT2D eigenvalue weighted by Crippen LogP contribution is -2.33. The molecule has 3 nitrogen and oxygen atoms in total. The first-order valence-electron chi connectivity index (χ1n) is 13.3. The highest BCUT2D eigenvalue weighted by Crippen LogP contribution is 2.71. The van der Waals surface area contributed by atoms with Crippen molar-refractivity contribution in [3.05, 3.63) is 119 Å². The molecule has 0 N–H and O–H groups in total. The van der Waals surface area contributed by atoms with Crippen molar-refractivity contribution in [3.8, 4) is 0 Å². The summed E-state index contributed by atoms with van der Waals surface area (Å²) in [5, 5.41) is 0. The van der Waals surface area contributed by atoms with Gasteiger partial charge in [0, 0.05) is 11.8 Å². The highest BCUT2D eigenvalue weighted by Gasteiger charge is 2.69. The molecular weight excluding hydrogens is 442 g/mol. The van der Waals surface area contributed by atoms with E-state index in [2.05, 4.69) is 60.7 Å². The molecular formula is C33H27NO2. The lowest BCUT2D eigenvalue weighted by molar-refractivity contribution is -0.123. The van der Waals surface area contributed by atoms with Crippen molar-refractivity contribution in [2.75, 3.05) is 4.90 Å². The predicted molar refractivity (Wildman–Crippen MR) is 140 cm³/mol. The summed E-state index contributed by atoms with van der Waals surface area (Å²) in [7, 11) is 0. The van der Waals surface area contributed by atoms with Gasteiger partial charge in [0.1, 0.15) is 0 Å². The summed E-state index contributed by atoms with van der Waals surface area (Å²) in [4.78, 5) is 29.7. The Labute approximate surface area is 211 Å². The second-order valence-electron chi connectivity index (χ2n) is 11.0. The number of carbonyl (C=O) groups excluding carboxylic acids is 2. The average molecular weight is 470 g/mol. The third-order valence-electron chi connectivity index (χ3n) is 9.53. The van der Waals surface area contributed by atoms with Gasteiger partial charge in [0.2, 0.25) is 11.8 Å². The highest BCUT2D eigenvalue weighted by atomic mass is 16.2. The molecule has 176 valence electrons. The predicted octanol–water partition coefficient (Wildman–Crippen LogP) is 6.28. The van der Waals surface area contributed by atoms with Crippen LogP contribution in [0.1, 0.15) is 30.4 Å². The van der Waals surface area contributed by atoms with Crippen LogP contribution in [0, 0.1) is 35.5 Å². The molecule has 6 unspecified atom stereocenters. The summed E-state index contributed by atoms with van der Waals surface area (Å²) in [6.07, 6.45) is 3.68. The minimum Gasteiger partial charge on any atom is -0.274 e. The summed E-state index contributed by atoms with van der Waals surface area (Å²) in [5.41, 5.74) is 8.73. The first kappa shape index (κ1) is 20.5. The molecule has 3 heteroatoms. The van der Waals surface area contributed by atoms with Crippen LogP contribution in [0.5, 0.6) is 0 Å². The van der Waals surface area contributed by atoms with Crippen molar-refractivity contribution in [1.29, 1.82) is 0 Å². The lowest BCUT2D eigenvalue weighted by atomic mass is 9.72. The number of hydrogen-bond donors (Lipinski definition) is 0. The molecule has 0 radical (unpaired) electrons. The first-order chi connectivity index (χ1) is 17.7. The van der Waals surface area contributed by atoms with Gasteiger partial charge in [-0.05, 0) is 65.5 Å². The number of para-hydroxylation sites is 1. The molecule has 1 aliphatic heterocycles. The minimum atomic E-state index is -0.279. The van der Waals surface area contributed by atoms with Crippen LogP contribution in [-0.4, -0.2) is 11.8 Å². The standard InChI is InChI=1S/C33H27NO2/c35-32-30-28-25-21-16-17-22(18-21)26(25)29(31(30)33(36)34(32)23-14-8-3-9-15-23)27(28)24(19-10-4-1-5-11-19)20-12-6-2-7-13-20/h1-15,21-22,28-31H,16-18H2. The van der Waals surface area contributed by atoms with Gasteiger partial charge in [0.15, 0.2) is 0 Å². The van der Waals surface area contributed by atoms with Crippen LogP contribution in [0.4, 0.5) is 5.69 Å². The lowest BCUT2D eigenvalue weighted by Gasteiger charge is -2.28. The molecule has 3 aromatic rings. The van der Waals surface area contributed by atoms with Crippen molar-refractivity contribution in [2.24, 2.45) is 35.5 Å². The van der Waals surface area contributed by atoms with Crippen LogP contribution < -0.4 is 4.90 Å². The Balaban J connectivity index is 1.37. The summed E-state index contributed by atoms with van der Waals surface area (Å²) < 4.78 is 0. The van der Waals surface area contributed by atoms with Gasteiger partial charge in [-0.2, -0.15) is 0 Å². The Morgan fingerprint density at radius 1 is 0.611 bits per heavy atom. The Morgan fingerprint density at radius 2 is 1.06 bits per heavy atom. The molecule has 4 bridgehead atoms. The molecule has 1 saturated heterocycles. The maximum Gasteiger partial charge on any atom is 0.238 e. The van der Waals surface area contributed by atoms with Crippen molar-refractivity contribution in [3.63, 3.8) is 0 Å². The van der Waals surface area contributed by atoms with Crippen LogP contribution in [0.15, 0.2) is 108 Å². The van der Waals surface area contributed by atoms with Crippen LogP contribution in [0.25, 0.3) is 5.57 Å². The number of amides is 2. The van der Waals surface area contributed by atoms with E-state index in [1.807, 2.05) is 30.3 Å². The quantitative estimate of drug-likeness (QED) is 0.257. The van der Waals surface area contributed by atoms with E-state index in [1.165, 1.54) is 57.6 Å². The zero-order chi connectivity index (χ0) is 24.0. The van der Waals surface area contributed by atoms with Gasteiger partial charge < -0.3 is 0 Å². The monoisotopic (exact) mass is 469 g/mol. The second-order valence-corrected chi connectivity index (χ2v) is 11.0. The van der Waals surface area contributed by atoms with Crippen LogP contribution >= 0.6 is 0 Å². The molecule has 2 saturated carbocycles. The van der Waals surface area contributed by atoms with Gasteiger partial charge in [-0.25, -0.2) is 4.90 Å². The third kappa shape index (κ3) is 2.53. The van der Waals surface area contributed by atoms with Gasteiger partial charge in [-0.1, -0.05) is 90.0 Å². The van der Waals surface area contributed by atoms with Crippen LogP contribution in [0.3, 0.4) is 0 Å².